The first-order chi connectivity index (χ1) is 11.4. The minimum Gasteiger partial charge on any atom is -0.400 e. The van der Waals surface area contributed by atoms with Crippen molar-refractivity contribution >= 4 is 59.0 Å². The standard InChI is InChI=1S/C17H22BCl2NO3S/c1-10(22)25-9-12(18-23-16(2,3)17(4,5)24-18)6-11-7-13(19)15(21)14(20)8-11/h6-8H,9,21H2,1-5H3. The highest BCUT2D eigenvalue weighted by Gasteiger charge is 2.52. The molecule has 8 heteroatoms. The van der Waals surface area contributed by atoms with Crippen molar-refractivity contribution in [1.29, 1.82) is 0 Å². The second-order valence-electron chi connectivity index (χ2n) is 6.99. The number of rotatable bonds is 4. The Labute approximate surface area is 163 Å². The first-order valence-corrected chi connectivity index (χ1v) is 9.61. The van der Waals surface area contributed by atoms with E-state index in [1.807, 2.05) is 33.8 Å². The monoisotopic (exact) mass is 401 g/mol. The minimum atomic E-state index is -0.549. The van der Waals surface area contributed by atoms with Crippen molar-refractivity contribution in [3.8, 4) is 0 Å². The normalized spacial score (nSPS) is 19.3. The van der Waals surface area contributed by atoms with Gasteiger partial charge >= 0.3 is 7.12 Å². The molecule has 4 nitrogen and oxygen atoms in total. The zero-order valence-electron chi connectivity index (χ0n) is 15.0. The van der Waals surface area contributed by atoms with Gasteiger partial charge in [0.25, 0.3) is 0 Å². The Morgan fingerprint density at radius 1 is 1.20 bits per heavy atom. The summed E-state index contributed by atoms with van der Waals surface area (Å²) in [5.74, 6) is 0.450. The Morgan fingerprint density at radius 2 is 1.68 bits per heavy atom. The predicted molar refractivity (Wildman–Crippen MR) is 108 cm³/mol. The molecule has 1 aliphatic heterocycles. The maximum absolute atomic E-state index is 11.4. The molecule has 0 unspecified atom stereocenters. The molecule has 1 heterocycles. The molecule has 1 aromatic rings. The Morgan fingerprint density at radius 3 is 2.12 bits per heavy atom. The van der Waals surface area contributed by atoms with Gasteiger partial charge in [-0.25, -0.2) is 0 Å². The van der Waals surface area contributed by atoms with E-state index in [-0.39, 0.29) is 5.12 Å². The van der Waals surface area contributed by atoms with E-state index in [0.29, 0.717) is 21.5 Å². The molecule has 0 saturated carbocycles. The maximum atomic E-state index is 11.4. The van der Waals surface area contributed by atoms with Crippen LogP contribution in [0.3, 0.4) is 0 Å². The first kappa shape index (κ1) is 20.7. The van der Waals surface area contributed by atoms with Gasteiger partial charge in [-0.3, -0.25) is 4.79 Å². The predicted octanol–water partition coefficient (Wildman–Crippen LogP) is 4.87. The minimum absolute atomic E-state index is 0.0239. The molecule has 25 heavy (non-hydrogen) atoms. The van der Waals surface area contributed by atoms with Crippen molar-refractivity contribution in [3.63, 3.8) is 0 Å². The molecule has 136 valence electrons. The van der Waals surface area contributed by atoms with Crippen LogP contribution in [-0.2, 0) is 14.1 Å². The highest BCUT2D eigenvalue weighted by molar-refractivity contribution is 8.13. The van der Waals surface area contributed by atoms with Gasteiger partial charge in [0.05, 0.1) is 26.9 Å². The lowest BCUT2D eigenvalue weighted by Gasteiger charge is -2.32. The summed E-state index contributed by atoms with van der Waals surface area (Å²) in [5, 5.41) is 0.785. The second kappa shape index (κ2) is 7.53. The van der Waals surface area contributed by atoms with Gasteiger partial charge < -0.3 is 15.0 Å². The summed E-state index contributed by atoms with van der Waals surface area (Å²) in [4.78, 5) is 11.4. The number of thioether (sulfide) groups is 1. The van der Waals surface area contributed by atoms with Crippen LogP contribution in [0.1, 0.15) is 40.2 Å². The number of nitrogen functional groups attached to an aromatic ring is 1. The lowest BCUT2D eigenvalue weighted by Crippen LogP contribution is -2.41. The molecule has 0 amide bonds. The van der Waals surface area contributed by atoms with Crippen LogP contribution in [0.25, 0.3) is 6.08 Å². The lowest BCUT2D eigenvalue weighted by atomic mass is 9.78. The Balaban J connectivity index is 2.38. The van der Waals surface area contributed by atoms with Gasteiger partial charge in [-0.15, -0.1) is 0 Å². The molecule has 0 aliphatic carbocycles. The van der Waals surface area contributed by atoms with Gasteiger partial charge in [0.1, 0.15) is 0 Å². The highest BCUT2D eigenvalue weighted by atomic mass is 35.5. The molecule has 0 bridgehead atoms. The van der Waals surface area contributed by atoms with Crippen molar-refractivity contribution in [2.45, 2.75) is 45.8 Å². The third-order valence-corrected chi connectivity index (χ3v) is 5.96. The molecule has 1 saturated heterocycles. The lowest BCUT2D eigenvalue weighted by molar-refractivity contribution is -0.109. The number of hydrogen-bond donors (Lipinski definition) is 1. The first-order valence-electron chi connectivity index (χ1n) is 7.87. The average Bonchev–Trinajstić information content (AvgIpc) is 2.68. The number of halogens is 2. The zero-order chi connectivity index (χ0) is 19.0. The van der Waals surface area contributed by atoms with E-state index in [9.17, 15) is 4.79 Å². The third-order valence-electron chi connectivity index (χ3n) is 4.45. The Bertz CT molecular complexity index is 683. The fourth-order valence-electron chi connectivity index (χ4n) is 2.26. The van der Waals surface area contributed by atoms with Crippen molar-refractivity contribution in [3.05, 3.63) is 33.2 Å². The fourth-order valence-corrected chi connectivity index (χ4v) is 3.35. The zero-order valence-corrected chi connectivity index (χ0v) is 17.3. The molecule has 2 rings (SSSR count). The molecule has 0 atom stereocenters. The fraction of sp³-hybridized carbons (Fsp3) is 0.471. The number of nitrogens with two attached hydrogens (primary N) is 1. The summed E-state index contributed by atoms with van der Waals surface area (Å²) >= 11 is 13.4. The smallest absolute Gasteiger partial charge is 0.400 e. The van der Waals surface area contributed by atoms with E-state index in [4.69, 9.17) is 38.2 Å². The topological polar surface area (TPSA) is 61.6 Å². The van der Waals surface area contributed by atoms with E-state index < -0.39 is 18.3 Å². The summed E-state index contributed by atoms with van der Waals surface area (Å²) in [7, 11) is -0.549. The molecular formula is C17H22BCl2NO3S. The molecule has 1 aliphatic rings. The van der Waals surface area contributed by atoms with Crippen molar-refractivity contribution in [2.24, 2.45) is 0 Å². The second-order valence-corrected chi connectivity index (χ2v) is 8.95. The number of carbonyl (C=O) groups excluding carboxylic acids is 1. The van der Waals surface area contributed by atoms with Gasteiger partial charge in [-0.2, -0.15) is 0 Å². The van der Waals surface area contributed by atoms with Crippen molar-refractivity contribution in [1.82, 2.24) is 0 Å². The largest absolute Gasteiger partial charge is 0.491 e. The van der Waals surface area contributed by atoms with Crippen LogP contribution >= 0.6 is 35.0 Å². The van der Waals surface area contributed by atoms with Crippen molar-refractivity contribution < 1.29 is 14.1 Å². The number of anilines is 1. The van der Waals surface area contributed by atoms with Crippen LogP contribution in [-0.4, -0.2) is 29.2 Å². The summed E-state index contributed by atoms with van der Waals surface area (Å²) in [6, 6.07) is 3.46. The van der Waals surface area contributed by atoms with Crippen LogP contribution in [0, 0.1) is 0 Å². The summed E-state index contributed by atoms with van der Waals surface area (Å²) in [6.45, 7) is 9.47. The van der Waals surface area contributed by atoms with Crippen LogP contribution in [0.4, 0.5) is 5.69 Å². The summed E-state index contributed by atoms with van der Waals surface area (Å²) in [6.07, 6.45) is 1.88. The average molecular weight is 402 g/mol. The molecule has 0 aromatic heterocycles. The van der Waals surface area contributed by atoms with Gasteiger partial charge in [-0.05, 0) is 50.9 Å². The third kappa shape index (κ3) is 4.74. The number of hydrogen-bond acceptors (Lipinski definition) is 5. The number of carbonyl (C=O) groups is 1. The number of benzene rings is 1. The van der Waals surface area contributed by atoms with Gasteiger partial charge in [0, 0.05) is 12.7 Å². The van der Waals surface area contributed by atoms with Crippen LogP contribution in [0.5, 0.6) is 0 Å². The van der Waals surface area contributed by atoms with E-state index in [1.54, 1.807) is 12.1 Å². The molecule has 0 spiro atoms. The molecule has 0 radical (unpaired) electrons. The molecule has 1 aromatic carbocycles. The Kier molecular flexibility index (Phi) is 6.22. The maximum Gasteiger partial charge on any atom is 0.491 e. The van der Waals surface area contributed by atoms with E-state index in [1.165, 1.54) is 18.7 Å². The SMILES string of the molecule is CC(=O)SCC(=Cc1cc(Cl)c(N)c(Cl)c1)B1OC(C)(C)C(C)(C)O1. The Hall–Kier alpha value is -0.655. The summed E-state index contributed by atoms with van der Waals surface area (Å²) < 4.78 is 12.2. The van der Waals surface area contributed by atoms with Crippen LogP contribution < -0.4 is 5.73 Å². The quantitative estimate of drug-likeness (QED) is 0.575. The van der Waals surface area contributed by atoms with Gasteiger partial charge in [-0.1, -0.05) is 41.0 Å². The van der Waals surface area contributed by atoms with Crippen LogP contribution in [0.15, 0.2) is 17.6 Å². The van der Waals surface area contributed by atoms with E-state index in [0.717, 1.165) is 11.0 Å². The summed E-state index contributed by atoms with van der Waals surface area (Å²) in [5.41, 5.74) is 6.81. The van der Waals surface area contributed by atoms with E-state index >= 15 is 0 Å². The molecule has 2 N–H and O–H groups in total. The van der Waals surface area contributed by atoms with Gasteiger partial charge in [0.2, 0.25) is 0 Å². The van der Waals surface area contributed by atoms with Crippen molar-refractivity contribution in [2.75, 3.05) is 11.5 Å². The van der Waals surface area contributed by atoms with E-state index in [2.05, 4.69) is 0 Å². The van der Waals surface area contributed by atoms with Gasteiger partial charge in [0.15, 0.2) is 5.12 Å². The van der Waals surface area contributed by atoms with Crippen LogP contribution in [0.2, 0.25) is 10.0 Å². The molecular weight excluding hydrogens is 380 g/mol. The highest BCUT2D eigenvalue weighted by Crippen LogP contribution is 2.39. The molecule has 1 fully saturated rings.